The van der Waals surface area contributed by atoms with Gasteiger partial charge in [0.2, 0.25) is 0 Å². The van der Waals surface area contributed by atoms with Crippen LogP contribution >= 0.6 is 23.6 Å². The Labute approximate surface area is 202 Å². The Bertz CT molecular complexity index is 1210. The summed E-state index contributed by atoms with van der Waals surface area (Å²) in [5.74, 6) is -0.717. The molecule has 0 aliphatic carbocycles. The number of rotatable bonds is 6. The van der Waals surface area contributed by atoms with Gasteiger partial charge in [-0.25, -0.2) is 4.79 Å². The number of anilines is 2. The number of aryl methyl sites for hydroxylation is 2. The van der Waals surface area contributed by atoms with Crippen LogP contribution in [0.4, 0.5) is 10.7 Å². The molecular formula is C23H27N5O3S2. The molecular weight excluding hydrogens is 458 g/mol. The quantitative estimate of drug-likeness (QED) is 0.399. The third-order valence-electron chi connectivity index (χ3n) is 4.98. The van der Waals surface area contributed by atoms with Gasteiger partial charge >= 0.3 is 5.97 Å². The largest absolute Gasteiger partial charge is 0.465 e. The molecule has 1 aromatic carbocycles. The average molecular weight is 486 g/mol. The number of benzene rings is 1. The van der Waals surface area contributed by atoms with E-state index in [1.165, 1.54) is 23.3 Å². The van der Waals surface area contributed by atoms with Crippen LogP contribution in [0, 0.1) is 20.8 Å². The van der Waals surface area contributed by atoms with Crippen molar-refractivity contribution in [2.45, 2.75) is 27.3 Å². The molecule has 33 heavy (non-hydrogen) atoms. The van der Waals surface area contributed by atoms with Crippen LogP contribution in [-0.4, -0.2) is 52.9 Å². The first-order chi connectivity index (χ1) is 15.6. The monoisotopic (exact) mass is 485 g/mol. The average Bonchev–Trinajstić information content (AvgIpc) is 3.24. The summed E-state index contributed by atoms with van der Waals surface area (Å²) in [5.41, 5.74) is 4.79. The summed E-state index contributed by atoms with van der Waals surface area (Å²) in [7, 11) is 4.64. The van der Waals surface area contributed by atoms with Gasteiger partial charge in [0.05, 0.1) is 29.8 Å². The number of carbonyl (C=O) groups is 2. The zero-order valence-electron chi connectivity index (χ0n) is 19.5. The molecule has 3 rings (SSSR count). The van der Waals surface area contributed by atoms with E-state index in [1.54, 1.807) is 21.0 Å². The number of ether oxygens (including phenoxy) is 1. The van der Waals surface area contributed by atoms with Crippen molar-refractivity contribution in [3.05, 3.63) is 63.3 Å². The van der Waals surface area contributed by atoms with Crippen LogP contribution in [0.25, 0.3) is 0 Å². The number of amides is 1. The van der Waals surface area contributed by atoms with Crippen LogP contribution in [0.15, 0.2) is 30.3 Å². The predicted molar refractivity (Wildman–Crippen MR) is 136 cm³/mol. The standard InChI is InChI=1S/C23H27N5O3S2/c1-13-10-14(2)28(26-13)12-16-8-7-9-17(11-16)24-23(32)25-20-18(22(30)31-6)15(3)19(33-20)21(29)27(4)5/h7-11H,12H2,1-6H3,(H2,24,25,32). The SMILES string of the molecule is COC(=O)c1c(NC(=S)Nc2cccc(Cn3nc(C)cc3C)c2)sc(C(=O)N(C)C)c1C. The zero-order chi connectivity index (χ0) is 24.3. The van der Waals surface area contributed by atoms with Gasteiger partial charge in [0.1, 0.15) is 5.00 Å². The summed E-state index contributed by atoms with van der Waals surface area (Å²) in [6.45, 7) is 6.36. The number of thiophene rings is 1. The van der Waals surface area contributed by atoms with Gasteiger partial charge in [0.25, 0.3) is 5.91 Å². The van der Waals surface area contributed by atoms with E-state index in [1.807, 2.05) is 48.9 Å². The minimum Gasteiger partial charge on any atom is -0.465 e. The highest BCUT2D eigenvalue weighted by Crippen LogP contribution is 2.34. The zero-order valence-corrected chi connectivity index (χ0v) is 21.1. The van der Waals surface area contributed by atoms with Gasteiger partial charge in [-0.3, -0.25) is 9.48 Å². The molecule has 2 aromatic heterocycles. The number of hydrogen-bond acceptors (Lipinski definition) is 6. The summed E-state index contributed by atoms with van der Waals surface area (Å²) in [5, 5.41) is 11.5. The Morgan fingerprint density at radius 3 is 2.52 bits per heavy atom. The predicted octanol–water partition coefficient (Wildman–Crippen LogP) is 4.22. The highest BCUT2D eigenvalue weighted by molar-refractivity contribution is 7.80. The number of nitrogens with zero attached hydrogens (tertiary/aromatic N) is 3. The molecule has 0 radical (unpaired) electrons. The molecule has 3 aromatic rings. The van der Waals surface area contributed by atoms with Crippen molar-refractivity contribution in [3.8, 4) is 0 Å². The highest BCUT2D eigenvalue weighted by atomic mass is 32.1. The van der Waals surface area contributed by atoms with E-state index in [4.69, 9.17) is 17.0 Å². The summed E-state index contributed by atoms with van der Waals surface area (Å²) >= 11 is 6.66. The van der Waals surface area contributed by atoms with Gasteiger partial charge in [0.15, 0.2) is 5.11 Å². The summed E-state index contributed by atoms with van der Waals surface area (Å²) in [6.07, 6.45) is 0. The van der Waals surface area contributed by atoms with Crippen LogP contribution in [0.1, 0.15) is 42.5 Å². The number of esters is 1. The molecule has 0 spiro atoms. The van der Waals surface area contributed by atoms with Gasteiger partial charge in [-0.1, -0.05) is 12.1 Å². The number of carbonyl (C=O) groups excluding carboxylic acids is 2. The first-order valence-corrected chi connectivity index (χ1v) is 11.4. The normalized spacial score (nSPS) is 10.6. The molecule has 0 saturated carbocycles. The second-order valence-corrected chi connectivity index (χ2v) is 9.24. The first-order valence-electron chi connectivity index (χ1n) is 10.2. The van der Waals surface area contributed by atoms with Gasteiger partial charge in [-0.15, -0.1) is 11.3 Å². The van der Waals surface area contributed by atoms with E-state index in [0.29, 0.717) is 32.7 Å². The van der Waals surface area contributed by atoms with Crippen LogP contribution in [-0.2, 0) is 11.3 Å². The van der Waals surface area contributed by atoms with Crippen molar-refractivity contribution in [1.82, 2.24) is 14.7 Å². The molecule has 0 atom stereocenters. The van der Waals surface area contributed by atoms with E-state index >= 15 is 0 Å². The second-order valence-electron chi connectivity index (χ2n) is 7.82. The van der Waals surface area contributed by atoms with Crippen molar-refractivity contribution in [2.24, 2.45) is 0 Å². The van der Waals surface area contributed by atoms with Crippen molar-refractivity contribution >= 4 is 51.2 Å². The maximum Gasteiger partial charge on any atom is 0.341 e. The van der Waals surface area contributed by atoms with Crippen molar-refractivity contribution in [1.29, 1.82) is 0 Å². The second kappa shape index (κ2) is 10.1. The van der Waals surface area contributed by atoms with E-state index in [-0.39, 0.29) is 5.91 Å². The maximum atomic E-state index is 12.5. The fraction of sp³-hybridized carbons (Fsp3) is 0.304. The smallest absolute Gasteiger partial charge is 0.341 e. The molecule has 2 N–H and O–H groups in total. The Kier molecular flexibility index (Phi) is 7.50. The molecule has 0 aliphatic heterocycles. The van der Waals surface area contributed by atoms with Crippen molar-refractivity contribution in [2.75, 3.05) is 31.8 Å². The van der Waals surface area contributed by atoms with Crippen LogP contribution in [0.2, 0.25) is 0 Å². The van der Waals surface area contributed by atoms with Crippen molar-refractivity contribution < 1.29 is 14.3 Å². The summed E-state index contributed by atoms with van der Waals surface area (Å²) in [6, 6.07) is 9.90. The minimum atomic E-state index is -0.529. The number of hydrogen-bond donors (Lipinski definition) is 2. The van der Waals surface area contributed by atoms with Crippen LogP contribution in [0.3, 0.4) is 0 Å². The summed E-state index contributed by atoms with van der Waals surface area (Å²) < 4.78 is 6.88. The van der Waals surface area contributed by atoms with Crippen LogP contribution < -0.4 is 10.6 Å². The van der Waals surface area contributed by atoms with Gasteiger partial charge in [-0.2, -0.15) is 5.10 Å². The summed E-state index contributed by atoms with van der Waals surface area (Å²) in [4.78, 5) is 26.9. The topological polar surface area (TPSA) is 88.5 Å². The fourth-order valence-corrected chi connectivity index (χ4v) is 4.88. The molecule has 10 heteroatoms. The molecule has 0 fully saturated rings. The molecule has 1 amide bonds. The molecule has 0 unspecified atom stereocenters. The lowest BCUT2D eigenvalue weighted by Crippen LogP contribution is -2.21. The molecule has 0 aliphatic rings. The Morgan fingerprint density at radius 1 is 1.18 bits per heavy atom. The molecule has 8 nitrogen and oxygen atoms in total. The lowest BCUT2D eigenvalue weighted by atomic mass is 10.1. The number of thiocarbonyl (C=S) groups is 1. The lowest BCUT2D eigenvalue weighted by molar-refractivity contribution is 0.0601. The Balaban J connectivity index is 1.79. The molecule has 174 valence electrons. The number of nitrogens with one attached hydrogen (secondary N) is 2. The van der Waals surface area contributed by atoms with Crippen molar-refractivity contribution in [3.63, 3.8) is 0 Å². The third kappa shape index (κ3) is 5.58. The fourth-order valence-electron chi connectivity index (χ4n) is 3.38. The third-order valence-corrected chi connectivity index (χ3v) is 6.38. The molecule has 0 saturated heterocycles. The Morgan fingerprint density at radius 2 is 1.91 bits per heavy atom. The Hall–Kier alpha value is -3.24. The van der Waals surface area contributed by atoms with E-state index in [0.717, 1.165) is 22.6 Å². The lowest BCUT2D eigenvalue weighted by Gasteiger charge is -2.12. The van der Waals surface area contributed by atoms with E-state index in [2.05, 4.69) is 15.7 Å². The maximum absolute atomic E-state index is 12.5. The van der Waals surface area contributed by atoms with Gasteiger partial charge in [0, 0.05) is 25.5 Å². The van der Waals surface area contributed by atoms with E-state index in [9.17, 15) is 9.59 Å². The van der Waals surface area contributed by atoms with Crippen LogP contribution in [0.5, 0.6) is 0 Å². The highest BCUT2D eigenvalue weighted by Gasteiger charge is 2.26. The molecule has 2 heterocycles. The van der Waals surface area contributed by atoms with Gasteiger partial charge < -0.3 is 20.3 Å². The van der Waals surface area contributed by atoms with Gasteiger partial charge in [-0.05, 0) is 62.3 Å². The number of aromatic nitrogens is 2. The minimum absolute atomic E-state index is 0.188. The first kappa shape index (κ1) is 24.4. The molecule has 0 bridgehead atoms. The van der Waals surface area contributed by atoms with E-state index < -0.39 is 5.97 Å². The number of methoxy groups -OCH3 is 1.